The minimum Gasteiger partial charge on any atom is -0.339 e. The molecule has 0 aromatic carbocycles. The van der Waals surface area contributed by atoms with Crippen LogP contribution in [0.15, 0.2) is 24.4 Å². The van der Waals surface area contributed by atoms with Crippen LogP contribution >= 0.6 is 0 Å². The van der Waals surface area contributed by atoms with Crippen molar-refractivity contribution in [2.75, 3.05) is 18.0 Å². The summed E-state index contributed by atoms with van der Waals surface area (Å²) in [6.07, 6.45) is 5.54. The van der Waals surface area contributed by atoms with Crippen LogP contribution in [0.2, 0.25) is 0 Å². The standard InChI is InChI=1S/C14H19N5/c15-12-5-4-10-8-18(9-11(10)7-12)14-16-13-3-1-2-6-19(13)17-14/h1-3,6,10-12H,4-5,7-9,15H2/t10-,11+,12?/m1/s1. The highest BCUT2D eigenvalue weighted by Gasteiger charge is 2.37. The highest BCUT2D eigenvalue weighted by molar-refractivity contribution is 5.45. The average Bonchev–Trinajstić information content (AvgIpc) is 3.00. The molecule has 2 aromatic heterocycles. The van der Waals surface area contributed by atoms with Gasteiger partial charge < -0.3 is 10.6 Å². The normalized spacial score (nSPS) is 30.8. The first kappa shape index (κ1) is 11.2. The molecular weight excluding hydrogens is 238 g/mol. The lowest BCUT2D eigenvalue weighted by atomic mass is 9.79. The molecule has 0 amide bonds. The summed E-state index contributed by atoms with van der Waals surface area (Å²) in [4.78, 5) is 6.95. The van der Waals surface area contributed by atoms with Gasteiger partial charge in [-0.25, -0.2) is 4.52 Å². The van der Waals surface area contributed by atoms with Crippen molar-refractivity contribution in [1.82, 2.24) is 14.6 Å². The Morgan fingerprint density at radius 1 is 1.16 bits per heavy atom. The van der Waals surface area contributed by atoms with E-state index >= 15 is 0 Å². The summed E-state index contributed by atoms with van der Waals surface area (Å²) in [6.45, 7) is 2.16. The first-order valence-corrected chi connectivity index (χ1v) is 7.11. The zero-order valence-corrected chi connectivity index (χ0v) is 10.9. The fourth-order valence-electron chi connectivity index (χ4n) is 3.58. The molecule has 2 N–H and O–H groups in total. The number of pyridine rings is 1. The Labute approximate surface area is 112 Å². The second-order valence-electron chi connectivity index (χ2n) is 5.91. The number of anilines is 1. The van der Waals surface area contributed by atoms with Gasteiger partial charge in [-0.2, -0.15) is 4.98 Å². The molecule has 1 unspecified atom stereocenters. The second kappa shape index (κ2) is 4.20. The smallest absolute Gasteiger partial charge is 0.245 e. The van der Waals surface area contributed by atoms with Gasteiger partial charge in [-0.15, -0.1) is 5.10 Å². The number of nitrogens with two attached hydrogens (primary N) is 1. The first-order chi connectivity index (χ1) is 9.29. The maximum Gasteiger partial charge on any atom is 0.245 e. The Morgan fingerprint density at radius 3 is 2.95 bits per heavy atom. The minimum atomic E-state index is 0.398. The van der Waals surface area contributed by atoms with Crippen molar-refractivity contribution in [2.24, 2.45) is 17.6 Å². The van der Waals surface area contributed by atoms with Crippen LogP contribution in [0.5, 0.6) is 0 Å². The molecule has 5 nitrogen and oxygen atoms in total. The van der Waals surface area contributed by atoms with E-state index in [9.17, 15) is 0 Å². The van der Waals surface area contributed by atoms with Crippen molar-refractivity contribution in [2.45, 2.75) is 25.3 Å². The monoisotopic (exact) mass is 257 g/mol. The lowest BCUT2D eigenvalue weighted by Crippen LogP contribution is -2.32. The Bertz CT molecular complexity index is 559. The van der Waals surface area contributed by atoms with Gasteiger partial charge in [0.05, 0.1) is 0 Å². The average molecular weight is 257 g/mol. The molecule has 2 aromatic rings. The summed E-state index contributed by atoms with van der Waals surface area (Å²) >= 11 is 0. The lowest BCUT2D eigenvalue weighted by Gasteiger charge is -2.27. The molecule has 0 radical (unpaired) electrons. The summed E-state index contributed by atoms with van der Waals surface area (Å²) in [5.74, 6) is 2.39. The van der Waals surface area contributed by atoms with Gasteiger partial charge in [-0.05, 0) is 43.2 Å². The Hall–Kier alpha value is -1.62. The summed E-state index contributed by atoms with van der Waals surface area (Å²) in [5, 5.41) is 4.57. The SMILES string of the molecule is NC1CC[C@@H]2CN(c3nc4ccccn4n3)C[C@@H]2C1. The predicted molar refractivity (Wildman–Crippen MR) is 74.0 cm³/mol. The van der Waals surface area contributed by atoms with E-state index in [4.69, 9.17) is 5.73 Å². The maximum atomic E-state index is 6.08. The molecule has 1 saturated heterocycles. The molecule has 100 valence electrons. The van der Waals surface area contributed by atoms with Crippen molar-refractivity contribution >= 4 is 11.6 Å². The van der Waals surface area contributed by atoms with Gasteiger partial charge >= 0.3 is 0 Å². The highest BCUT2D eigenvalue weighted by atomic mass is 15.4. The quantitative estimate of drug-likeness (QED) is 0.836. The fourth-order valence-corrected chi connectivity index (χ4v) is 3.58. The van der Waals surface area contributed by atoms with E-state index in [1.54, 1.807) is 0 Å². The first-order valence-electron chi connectivity index (χ1n) is 7.11. The topological polar surface area (TPSA) is 59.5 Å². The second-order valence-corrected chi connectivity index (χ2v) is 5.91. The van der Waals surface area contributed by atoms with Crippen molar-refractivity contribution < 1.29 is 0 Å². The van der Waals surface area contributed by atoms with Gasteiger partial charge in [0, 0.05) is 25.3 Å². The number of hydrogen-bond donors (Lipinski definition) is 1. The number of rotatable bonds is 1. The van der Waals surface area contributed by atoms with E-state index in [1.165, 1.54) is 12.8 Å². The van der Waals surface area contributed by atoms with Crippen LogP contribution in [0.1, 0.15) is 19.3 Å². The van der Waals surface area contributed by atoms with Crippen molar-refractivity contribution in [1.29, 1.82) is 0 Å². The van der Waals surface area contributed by atoms with Crippen molar-refractivity contribution in [3.8, 4) is 0 Å². The number of hydrogen-bond acceptors (Lipinski definition) is 4. The van der Waals surface area contributed by atoms with Crippen LogP contribution < -0.4 is 10.6 Å². The van der Waals surface area contributed by atoms with Crippen LogP contribution in [0.3, 0.4) is 0 Å². The molecule has 3 heterocycles. The Morgan fingerprint density at radius 2 is 2.05 bits per heavy atom. The summed E-state index contributed by atoms with van der Waals surface area (Å²) in [6, 6.07) is 6.37. The third-order valence-corrected chi connectivity index (χ3v) is 4.60. The minimum absolute atomic E-state index is 0.398. The zero-order chi connectivity index (χ0) is 12.8. The lowest BCUT2D eigenvalue weighted by molar-refractivity contribution is 0.271. The van der Waals surface area contributed by atoms with E-state index in [0.29, 0.717) is 6.04 Å². The largest absolute Gasteiger partial charge is 0.339 e. The van der Waals surface area contributed by atoms with Crippen LogP contribution in [-0.4, -0.2) is 33.7 Å². The van der Waals surface area contributed by atoms with Crippen molar-refractivity contribution in [3.63, 3.8) is 0 Å². The highest BCUT2D eigenvalue weighted by Crippen LogP contribution is 2.36. The molecule has 1 aliphatic carbocycles. The Balaban J connectivity index is 1.60. The van der Waals surface area contributed by atoms with Gasteiger partial charge in [-0.3, -0.25) is 0 Å². The molecule has 0 spiro atoms. The molecule has 1 aliphatic heterocycles. The number of nitrogens with zero attached hydrogens (tertiary/aromatic N) is 4. The maximum absolute atomic E-state index is 6.08. The summed E-state index contributed by atoms with van der Waals surface area (Å²) in [7, 11) is 0. The zero-order valence-electron chi connectivity index (χ0n) is 10.9. The van der Waals surface area contributed by atoms with E-state index in [0.717, 1.165) is 42.9 Å². The molecule has 2 aliphatic rings. The van der Waals surface area contributed by atoms with E-state index in [1.807, 2.05) is 28.9 Å². The third-order valence-electron chi connectivity index (χ3n) is 4.60. The predicted octanol–water partition coefficient (Wildman–Crippen LogP) is 1.29. The molecule has 2 fully saturated rings. The molecule has 19 heavy (non-hydrogen) atoms. The molecule has 3 atom stereocenters. The van der Waals surface area contributed by atoms with Crippen LogP contribution in [0, 0.1) is 11.8 Å². The molecule has 5 heteroatoms. The van der Waals surface area contributed by atoms with Crippen molar-refractivity contribution in [3.05, 3.63) is 24.4 Å². The van der Waals surface area contributed by atoms with Crippen LogP contribution in [0.25, 0.3) is 5.65 Å². The number of fused-ring (bicyclic) bond motifs is 2. The van der Waals surface area contributed by atoms with Gasteiger partial charge in [0.15, 0.2) is 5.65 Å². The molecule has 0 bridgehead atoms. The Kier molecular flexibility index (Phi) is 2.48. The molecule has 1 saturated carbocycles. The van der Waals surface area contributed by atoms with E-state index in [-0.39, 0.29) is 0 Å². The fraction of sp³-hybridized carbons (Fsp3) is 0.571. The van der Waals surface area contributed by atoms with Crippen LogP contribution in [-0.2, 0) is 0 Å². The summed E-state index contributed by atoms with van der Waals surface area (Å²) < 4.78 is 1.85. The summed E-state index contributed by atoms with van der Waals surface area (Å²) in [5.41, 5.74) is 7.00. The number of aromatic nitrogens is 3. The van der Waals surface area contributed by atoms with Crippen LogP contribution in [0.4, 0.5) is 5.95 Å². The van der Waals surface area contributed by atoms with Gasteiger partial charge in [0.2, 0.25) is 5.95 Å². The van der Waals surface area contributed by atoms with E-state index in [2.05, 4.69) is 15.0 Å². The van der Waals surface area contributed by atoms with Gasteiger partial charge in [0.1, 0.15) is 0 Å². The molecule has 4 rings (SSSR count). The third kappa shape index (κ3) is 1.89. The van der Waals surface area contributed by atoms with Gasteiger partial charge in [-0.1, -0.05) is 6.07 Å². The molecular formula is C14H19N5. The van der Waals surface area contributed by atoms with E-state index < -0.39 is 0 Å². The van der Waals surface area contributed by atoms with Gasteiger partial charge in [0.25, 0.3) is 0 Å².